The number of carbonyl (C=O) groups excluding carboxylic acids is 2. The first-order chi connectivity index (χ1) is 10.3. The van der Waals surface area contributed by atoms with Crippen LogP contribution in [0.5, 0.6) is 0 Å². The molecular weight excluding hydrogens is 310 g/mol. The Morgan fingerprint density at radius 2 is 2.00 bits per heavy atom. The molecule has 22 heavy (non-hydrogen) atoms. The van der Waals surface area contributed by atoms with Gasteiger partial charge in [0.05, 0.1) is 24.8 Å². The van der Waals surface area contributed by atoms with Crippen molar-refractivity contribution in [2.45, 2.75) is 25.9 Å². The van der Waals surface area contributed by atoms with Crippen molar-refractivity contribution in [3.63, 3.8) is 0 Å². The van der Waals surface area contributed by atoms with Crippen LogP contribution >= 0.6 is 0 Å². The second kappa shape index (κ2) is 6.93. The predicted octanol–water partition coefficient (Wildman–Crippen LogP) is -1.24. The van der Waals surface area contributed by atoms with Gasteiger partial charge in [-0.3, -0.25) is 9.59 Å². The number of hydrogen-bond donors (Lipinski definition) is 1. The zero-order valence-corrected chi connectivity index (χ0v) is 13.5. The summed E-state index contributed by atoms with van der Waals surface area (Å²) in [5.74, 6) is -1.03. The van der Waals surface area contributed by atoms with Gasteiger partial charge in [-0.05, 0) is 19.8 Å². The van der Waals surface area contributed by atoms with Gasteiger partial charge in [0.15, 0.2) is 6.10 Å². The summed E-state index contributed by atoms with van der Waals surface area (Å²) in [6, 6.07) is 0. The molecule has 0 spiro atoms. The molecule has 0 radical (unpaired) electrons. The number of carbonyl (C=O) groups is 2. The van der Waals surface area contributed by atoms with Crippen molar-refractivity contribution in [1.29, 1.82) is 0 Å². The maximum Gasteiger partial charge on any atom is 0.248 e. The molecule has 2 atom stereocenters. The van der Waals surface area contributed by atoms with E-state index in [0.717, 1.165) is 0 Å². The lowest BCUT2D eigenvalue weighted by Crippen LogP contribution is -2.54. The molecular formula is C13H23N3O5S. The van der Waals surface area contributed by atoms with Crippen LogP contribution in [0.25, 0.3) is 0 Å². The second-order valence-corrected chi connectivity index (χ2v) is 7.90. The van der Waals surface area contributed by atoms with Gasteiger partial charge in [0, 0.05) is 19.6 Å². The number of amides is 2. The van der Waals surface area contributed by atoms with Crippen molar-refractivity contribution in [2.75, 3.05) is 38.5 Å². The smallest absolute Gasteiger partial charge is 0.248 e. The molecule has 2 N–H and O–H groups in total. The number of nitrogens with zero attached hydrogens (tertiary/aromatic N) is 2. The van der Waals surface area contributed by atoms with Crippen LogP contribution in [0, 0.1) is 5.92 Å². The van der Waals surface area contributed by atoms with Gasteiger partial charge in [-0.15, -0.1) is 0 Å². The molecule has 2 heterocycles. The van der Waals surface area contributed by atoms with Crippen LogP contribution in [0.4, 0.5) is 0 Å². The summed E-state index contributed by atoms with van der Waals surface area (Å²) in [6.07, 6.45) is 0.545. The lowest BCUT2D eigenvalue weighted by Gasteiger charge is -2.37. The summed E-state index contributed by atoms with van der Waals surface area (Å²) >= 11 is 0. The monoisotopic (exact) mass is 333 g/mol. The van der Waals surface area contributed by atoms with E-state index in [4.69, 9.17) is 10.5 Å². The van der Waals surface area contributed by atoms with Gasteiger partial charge >= 0.3 is 0 Å². The van der Waals surface area contributed by atoms with E-state index < -0.39 is 22.0 Å². The second-order valence-electron chi connectivity index (χ2n) is 5.64. The van der Waals surface area contributed by atoms with E-state index in [1.54, 1.807) is 11.8 Å². The number of morpholine rings is 1. The fourth-order valence-corrected chi connectivity index (χ4v) is 4.04. The Kier molecular flexibility index (Phi) is 5.41. The van der Waals surface area contributed by atoms with Gasteiger partial charge in [-0.25, -0.2) is 12.7 Å². The summed E-state index contributed by atoms with van der Waals surface area (Å²) in [5, 5.41) is 0. The largest absolute Gasteiger partial charge is 0.367 e. The third-order valence-electron chi connectivity index (χ3n) is 4.19. The summed E-state index contributed by atoms with van der Waals surface area (Å²) in [4.78, 5) is 25.3. The maximum absolute atomic E-state index is 12.6. The molecule has 0 aromatic rings. The van der Waals surface area contributed by atoms with Gasteiger partial charge < -0.3 is 15.4 Å². The molecule has 0 bridgehead atoms. The van der Waals surface area contributed by atoms with Crippen molar-refractivity contribution in [3.05, 3.63) is 0 Å². The van der Waals surface area contributed by atoms with Crippen LogP contribution in [0.15, 0.2) is 0 Å². The molecule has 2 rings (SSSR count). The molecule has 2 aliphatic heterocycles. The predicted molar refractivity (Wildman–Crippen MR) is 79.3 cm³/mol. The van der Waals surface area contributed by atoms with Crippen LogP contribution < -0.4 is 5.73 Å². The number of sulfonamides is 1. The van der Waals surface area contributed by atoms with Gasteiger partial charge in [0.2, 0.25) is 21.8 Å². The minimum Gasteiger partial charge on any atom is -0.367 e. The lowest BCUT2D eigenvalue weighted by molar-refractivity contribution is -0.149. The van der Waals surface area contributed by atoms with E-state index in [9.17, 15) is 18.0 Å². The molecule has 2 amide bonds. The molecule has 2 unspecified atom stereocenters. The lowest BCUT2D eigenvalue weighted by atomic mass is 9.97. The van der Waals surface area contributed by atoms with Gasteiger partial charge in [0.1, 0.15) is 0 Å². The Morgan fingerprint density at radius 1 is 1.27 bits per heavy atom. The standard InChI is InChI=1S/C13H23N3O5S/c1-2-22(19,20)16-5-3-4-10(8-16)13(18)15-6-7-21-11(9-15)12(14)17/h10-11H,2-9H2,1H3,(H2,14,17). The van der Waals surface area contributed by atoms with Gasteiger partial charge in [0.25, 0.3) is 0 Å². The van der Waals surface area contributed by atoms with E-state index in [2.05, 4.69) is 0 Å². The van der Waals surface area contributed by atoms with Gasteiger partial charge in [-0.1, -0.05) is 0 Å². The average Bonchev–Trinajstić information content (AvgIpc) is 2.54. The molecule has 8 nitrogen and oxygen atoms in total. The number of hydrogen-bond acceptors (Lipinski definition) is 5. The highest BCUT2D eigenvalue weighted by atomic mass is 32.2. The zero-order chi connectivity index (χ0) is 16.3. The van der Waals surface area contributed by atoms with E-state index in [-0.39, 0.29) is 37.3 Å². The first-order valence-corrected chi connectivity index (χ1v) is 9.13. The molecule has 2 saturated heterocycles. The van der Waals surface area contributed by atoms with Crippen molar-refractivity contribution < 1.29 is 22.7 Å². The molecule has 2 aliphatic rings. The first kappa shape index (κ1) is 17.2. The van der Waals surface area contributed by atoms with Crippen molar-refractivity contribution in [3.8, 4) is 0 Å². The normalized spacial score (nSPS) is 27.6. The Morgan fingerprint density at radius 3 is 2.64 bits per heavy atom. The third-order valence-corrected chi connectivity index (χ3v) is 6.04. The molecule has 126 valence electrons. The summed E-state index contributed by atoms with van der Waals surface area (Å²) < 4.78 is 30.5. The van der Waals surface area contributed by atoms with E-state index >= 15 is 0 Å². The maximum atomic E-state index is 12.6. The summed E-state index contributed by atoms with van der Waals surface area (Å²) in [6.45, 7) is 3.09. The summed E-state index contributed by atoms with van der Waals surface area (Å²) in [5.41, 5.74) is 5.22. The number of ether oxygens (including phenoxy) is 1. The molecule has 9 heteroatoms. The van der Waals surface area contributed by atoms with Crippen molar-refractivity contribution in [1.82, 2.24) is 9.21 Å². The minimum atomic E-state index is -3.28. The van der Waals surface area contributed by atoms with Crippen LogP contribution in [-0.4, -0.2) is 74.1 Å². The van der Waals surface area contributed by atoms with Crippen LogP contribution in [0.1, 0.15) is 19.8 Å². The third kappa shape index (κ3) is 3.76. The Bertz CT molecular complexity index is 536. The molecule has 0 aromatic carbocycles. The highest BCUT2D eigenvalue weighted by Crippen LogP contribution is 2.22. The topological polar surface area (TPSA) is 110 Å². The number of piperidine rings is 1. The van der Waals surface area contributed by atoms with Crippen LogP contribution in [0.3, 0.4) is 0 Å². The van der Waals surface area contributed by atoms with E-state index in [1.165, 1.54) is 4.31 Å². The van der Waals surface area contributed by atoms with E-state index in [0.29, 0.717) is 25.9 Å². The zero-order valence-electron chi connectivity index (χ0n) is 12.7. The van der Waals surface area contributed by atoms with Crippen molar-refractivity contribution >= 4 is 21.8 Å². The van der Waals surface area contributed by atoms with Crippen molar-refractivity contribution in [2.24, 2.45) is 11.7 Å². The van der Waals surface area contributed by atoms with Crippen LogP contribution in [0.2, 0.25) is 0 Å². The highest BCUT2D eigenvalue weighted by molar-refractivity contribution is 7.89. The van der Waals surface area contributed by atoms with Crippen LogP contribution in [-0.2, 0) is 24.3 Å². The molecule has 0 saturated carbocycles. The minimum absolute atomic E-state index is 0.0369. The van der Waals surface area contributed by atoms with E-state index in [1.807, 2.05) is 0 Å². The SMILES string of the molecule is CCS(=O)(=O)N1CCCC(C(=O)N2CCOC(C(N)=O)C2)C1. The molecule has 2 fully saturated rings. The number of primary amides is 1. The average molecular weight is 333 g/mol. The first-order valence-electron chi connectivity index (χ1n) is 7.52. The number of rotatable bonds is 4. The summed E-state index contributed by atoms with van der Waals surface area (Å²) in [7, 11) is -3.28. The molecule has 0 aliphatic carbocycles. The fourth-order valence-electron chi connectivity index (χ4n) is 2.86. The number of nitrogens with two attached hydrogens (primary N) is 1. The Labute approximate surface area is 130 Å². The Hall–Kier alpha value is -1.19. The van der Waals surface area contributed by atoms with Gasteiger partial charge in [-0.2, -0.15) is 0 Å². The Balaban J connectivity index is 2.01. The fraction of sp³-hybridized carbons (Fsp3) is 0.846. The molecule has 0 aromatic heterocycles. The highest BCUT2D eigenvalue weighted by Gasteiger charge is 2.36. The quantitative estimate of drug-likeness (QED) is 0.692.